The van der Waals surface area contributed by atoms with E-state index in [1.54, 1.807) is 23.9 Å². The molecule has 5 heteroatoms. The quantitative estimate of drug-likeness (QED) is 0.892. The minimum Gasteiger partial charge on any atom is -0.395 e. The Morgan fingerprint density at radius 3 is 2.15 bits per heavy atom. The van der Waals surface area contributed by atoms with Gasteiger partial charge in [-0.25, -0.2) is 0 Å². The van der Waals surface area contributed by atoms with Gasteiger partial charge in [0.2, 0.25) is 0 Å². The van der Waals surface area contributed by atoms with E-state index >= 15 is 0 Å². The Labute approximate surface area is 127 Å². The standard InChI is InChI=1S/C15H14ClNO2S/c16-12-3-7-14(8-4-12)20-13-5-1-11(2-6-13)15(19)17-9-10-18/h1-8,18H,9-10H2,(H,17,19). The van der Waals surface area contributed by atoms with E-state index in [9.17, 15) is 4.79 Å². The number of aliphatic hydroxyl groups excluding tert-OH is 1. The molecular weight excluding hydrogens is 294 g/mol. The van der Waals surface area contributed by atoms with Crippen molar-refractivity contribution in [2.75, 3.05) is 13.2 Å². The molecule has 0 radical (unpaired) electrons. The van der Waals surface area contributed by atoms with Crippen molar-refractivity contribution in [2.45, 2.75) is 9.79 Å². The molecule has 0 aliphatic rings. The molecule has 2 aromatic rings. The Morgan fingerprint density at radius 2 is 1.60 bits per heavy atom. The molecule has 2 aromatic carbocycles. The van der Waals surface area contributed by atoms with Crippen LogP contribution < -0.4 is 5.32 Å². The molecule has 1 amide bonds. The number of rotatable bonds is 5. The predicted molar refractivity (Wildman–Crippen MR) is 81.4 cm³/mol. The monoisotopic (exact) mass is 307 g/mol. The van der Waals surface area contributed by atoms with Gasteiger partial charge in [-0.05, 0) is 48.5 Å². The Bertz CT molecular complexity index is 569. The molecule has 0 spiro atoms. The fraction of sp³-hybridized carbons (Fsp3) is 0.133. The van der Waals surface area contributed by atoms with Gasteiger partial charge in [-0.2, -0.15) is 0 Å². The van der Waals surface area contributed by atoms with Gasteiger partial charge in [-0.1, -0.05) is 23.4 Å². The number of hydrogen-bond acceptors (Lipinski definition) is 3. The number of benzene rings is 2. The molecular formula is C15H14ClNO2S. The molecule has 0 aromatic heterocycles. The fourth-order valence-electron chi connectivity index (χ4n) is 1.58. The second-order valence-electron chi connectivity index (χ2n) is 4.06. The van der Waals surface area contributed by atoms with Gasteiger partial charge in [0.25, 0.3) is 5.91 Å². The number of halogens is 1. The first-order valence-electron chi connectivity index (χ1n) is 6.11. The second-order valence-corrected chi connectivity index (χ2v) is 5.64. The first-order valence-corrected chi connectivity index (χ1v) is 7.31. The summed E-state index contributed by atoms with van der Waals surface area (Å²) in [5.41, 5.74) is 0.582. The first kappa shape index (κ1) is 14.9. The van der Waals surface area contributed by atoms with Crippen molar-refractivity contribution in [3.05, 3.63) is 59.1 Å². The Balaban J connectivity index is 2.01. The maximum atomic E-state index is 11.7. The minimum atomic E-state index is -0.179. The van der Waals surface area contributed by atoms with Crippen molar-refractivity contribution in [1.29, 1.82) is 0 Å². The maximum absolute atomic E-state index is 11.7. The van der Waals surface area contributed by atoms with E-state index in [2.05, 4.69) is 5.32 Å². The number of nitrogens with one attached hydrogen (secondary N) is 1. The van der Waals surface area contributed by atoms with Gasteiger partial charge < -0.3 is 10.4 Å². The lowest BCUT2D eigenvalue weighted by atomic mass is 10.2. The third kappa shape index (κ3) is 4.27. The zero-order chi connectivity index (χ0) is 14.4. The van der Waals surface area contributed by atoms with Gasteiger partial charge in [0.1, 0.15) is 0 Å². The van der Waals surface area contributed by atoms with Gasteiger partial charge in [0.15, 0.2) is 0 Å². The van der Waals surface area contributed by atoms with Crippen molar-refractivity contribution in [3.8, 4) is 0 Å². The summed E-state index contributed by atoms with van der Waals surface area (Å²) in [5.74, 6) is -0.179. The molecule has 104 valence electrons. The molecule has 0 saturated heterocycles. The zero-order valence-corrected chi connectivity index (χ0v) is 12.2. The molecule has 20 heavy (non-hydrogen) atoms. The van der Waals surface area contributed by atoms with E-state index in [1.165, 1.54) is 0 Å². The number of carbonyl (C=O) groups excluding carboxylic acids is 1. The summed E-state index contributed by atoms with van der Waals surface area (Å²) >= 11 is 7.44. The first-order chi connectivity index (χ1) is 9.69. The van der Waals surface area contributed by atoms with Crippen LogP contribution in [0, 0.1) is 0 Å². The molecule has 3 nitrogen and oxygen atoms in total. The average molecular weight is 308 g/mol. The van der Waals surface area contributed by atoms with Crippen LogP contribution in [0.4, 0.5) is 0 Å². The topological polar surface area (TPSA) is 49.3 Å². The van der Waals surface area contributed by atoms with E-state index in [4.69, 9.17) is 16.7 Å². The van der Waals surface area contributed by atoms with Gasteiger partial charge in [-0.15, -0.1) is 0 Å². The Hall–Kier alpha value is -1.49. The largest absolute Gasteiger partial charge is 0.395 e. The molecule has 0 unspecified atom stereocenters. The number of aliphatic hydroxyl groups is 1. The normalized spacial score (nSPS) is 10.3. The second kappa shape index (κ2) is 7.33. The lowest BCUT2D eigenvalue weighted by Gasteiger charge is -2.05. The molecule has 0 saturated carbocycles. The van der Waals surface area contributed by atoms with Crippen LogP contribution in [0.3, 0.4) is 0 Å². The lowest BCUT2D eigenvalue weighted by molar-refractivity contribution is 0.0944. The van der Waals surface area contributed by atoms with Crippen LogP contribution in [-0.4, -0.2) is 24.2 Å². The third-order valence-corrected chi connectivity index (χ3v) is 3.83. The highest BCUT2D eigenvalue weighted by molar-refractivity contribution is 7.99. The smallest absolute Gasteiger partial charge is 0.251 e. The summed E-state index contributed by atoms with van der Waals surface area (Å²) in [6, 6.07) is 14.9. The maximum Gasteiger partial charge on any atom is 0.251 e. The molecule has 0 heterocycles. The van der Waals surface area contributed by atoms with Crippen molar-refractivity contribution < 1.29 is 9.90 Å². The molecule has 0 bridgehead atoms. The fourth-order valence-corrected chi connectivity index (χ4v) is 2.53. The average Bonchev–Trinajstić information content (AvgIpc) is 2.48. The Kier molecular flexibility index (Phi) is 5.47. The molecule has 2 rings (SSSR count). The third-order valence-electron chi connectivity index (χ3n) is 2.56. The summed E-state index contributed by atoms with van der Waals surface area (Å²) < 4.78 is 0. The van der Waals surface area contributed by atoms with Crippen molar-refractivity contribution in [3.63, 3.8) is 0 Å². The summed E-state index contributed by atoms with van der Waals surface area (Å²) in [7, 11) is 0. The van der Waals surface area contributed by atoms with E-state index < -0.39 is 0 Å². The number of hydrogen-bond donors (Lipinski definition) is 2. The van der Waals surface area contributed by atoms with Crippen LogP contribution in [0.2, 0.25) is 5.02 Å². The van der Waals surface area contributed by atoms with Crippen molar-refractivity contribution >= 4 is 29.3 Å². The zero-order valence-electron chi connectivity index (χ0n) is 10.7. The van der Waals surface area contributed by atoms with Crippen LogP contribution in [0.1, 0.15) is 10.4 Å². The van der Waals surface area contributed by atoms with Crippen molar-refractivity contribution in [2.24, 2.45) is 0 Å². The van der Waals surface area contributed by atoms with Gasteiger partial charge in [0.05, 0.1) is 6.61 Å². The van der Waals surface area contributed by atoms with Crippen LogP contribution in [0.25, 0.3) is 0 Å². The molecule has 0 aliphatic heterocycles. The van der Waals surface area contributed by atoms with E-state index in [0.29, 0.717) is 10.6 Å². The van der Waals surface area contributed by atoms with E-state index in [1.807, 2.05) is 36.4 Å². The highest BCUT2D eigenvalue weighted by atomic mass is 35.5. The lowest BCUT2D eigenvalue weighted by Crippen LogP contribution is -2.26. The predicted octanol–water partition coefficient (Wildman–Crippen LogP) is 3.21. The van der Waals surface area contributed by atoms with E-state index in [0.717, 1.165) is 9.79 Å². The molecule has 0 aliphatic carbocycles. The highest BCUT2D eigenvalue weighted by Gasteiger charge is 2.04. The summed E-state index contributed by atoms with van der Waals surface area (Å²) in [4.78, 5) is 13.8. The summed E-state index contributed by atoms with van der Waals surface area (Å²) in [5, 5.41) is 12.0. The van der Waals surface area contributed by atoms with Gasteiger partial charge in [-0.3, -0.25) is 4.79 Å². The highest BCUT2D eigenvalue weighted by Crippen LogP contribution is 2.28. The number of carbonyl (C=O) groups is 1. The van der Waals surface area contributed by atoms with Crippen LogP contribution in [-0.2, 0) is 0 Å². The summed E-state index contributed by atoms with van der Waals surface area (Å²) in [6.07, 6.45) is 0. The SMILES string of the molecule is O=C(NCCO)c1ccc(Sc2ccc(Cl)cc2)cc1. The Morgan fingerprint density at radius 1 is 1.05 bits per heavy atom. The van der Waals surface area contributed by atoms with Crippen LogP contribution in [0.15, 0.2) is 58.3 Å². The van der Waals surface area contributed by atoms with Gasteiger partial charge in [0, 0.05) is 26.9 Å². The minimum absolute atomic E-state index is 0.0593. The molecule has 0 atom stereocenters. The van der Waals surface area contributed by atoms with Gasteiger partial charge >= 0.3 is 0 Å². The molecule has 2 N–H and O–H groups in total. The summed E-state index contributed by atoms with van der Waals surface area (Å²) in [6.45, 7) is 0.205. The molecule has 0 fully saturated rings. The number of amides is 1. The van der Waals surface area contributed by atoms with Crippen LogP contribution in [0.5, 0.6) is 0 Å². The van der Waals surface area contributed by atoms with E-state index in [-0.39, 0.29) is 19.1 Å². The van der Waals surface area contributed by atoms with Crippen molar-refractivity contribution in [1.82, 2.24) is 5.32 Å². The van der Waals surface area contributed by atoms with Crippen LogP contribution >= 0.6 is 23.4 Å².